The van der Waals surface area contributed by atoms with E-state index in [9.17, 15) is 4.79 Å². The molecule has 0 fully saturated rings. The lowest BCUT2D eigenvalue weighted by atomic mass is 10.2. The minimum Gasteiger partial charge on any atom is -0.466 e. The number of carbonyl (C=O) groups excluding carboxylic acids is 1. The van der Waals surface area contributed by atoms with E-state index in [1.54, 1.807) is 11.4 Å². The van der Waals surface area contributed by atoms with Crippen molar-refractivity contribution in [2.45, 2.75) is 33.2 Å². The maximum Gasteiger partial charge on any atom is 0.307 e. The molecule has 1 atom stereocenters. The van der Waals surface area contributed by atoms with Gasteiger partial charge in [0.25, 0.3) is 5.78 Å². The molecule has 0 aromatic carbocycles. The van der Waals surface area contributed by atoms with E-state index in [0.717, 1.165) is 11.5 Å². The van der Waals surface area contributed by atoms with Crippen LogP contribution >= 0.6 is 0 Å². The Hall–Kier alpha value is -2.18. The number of rotatable bonds is 5. The molecule has 0 saturated carbocycles. The molecule has 0 amide bonds. The lowest BCUT2D eigenvalue weighted by Gasteiger charge is -2.15. The van der Waals surface area contributed by atoms with Crippen molar-refractivity contribution < 1.29 is 9.53 Å². The van der Waals surface area contributed by atoms with E-state index in [1.807, 2.05) is 19.9 Å². The Balaban J connectivity index is 2.12. The van der Waals surface area contributed by atoms with Gasteiger partial charge >= 0.3 is 5.97 Å². The molecule has 2 rings (SSSR count). The van der Waals surface area contributed by atoms with Crippen LogP contribution in [0.1, 0.15) is 26.0 Å². The third-order valence-corrected chi connectivity index (χ3v) is 2.55. The average Bonchev–Trinajstić information content (AvgIpc) is 2.76. The maximum absolute atomic E-state index is 11.4. The Kier molecular flexibility index (Phi) is 3.94. The van der Waals surface area contributed by atoms with Gasteiger partial charge in [-0.15, -0.1) is 0 Å². The van der Waals surface area contributed by atoms with Gasteiger partial charge in [-0.25, -0.2) is 4.98 Å². The van der Waals surface area contributed by atoms with Crippen molar-refractivity contribution in [3.8, 4) is 0 Å². The Morgan fingerprint density at radius 2 is 2.37 bits per heavy atom. The minimum absolute atomic E-state index is 0.0618. The molecule has 0 aliphatic rings. The van der Waals surface area contributed by atoms with E-state index >= 15 is 0 Å². The monoisotopic (exact) mass is 263 g/mol. The quantitative estimate of drug-likeness (QED) is 0.816. The summed E-state index contributed by atoms with van der Waals surface area (Å²) >= 11 is 0. The number of aryl methyl sites for hydroxylation is 1. The largest absolute Gasteiger partial charge is 0.466 e. The van der Waals surface area contributed by atoms with E-state index in [0.29, 0.717) is 18.8 Å². The van der Waals surface area contributed by atoms with Gasteiger partial charge in [-0.2, -0.15) is 14.6 Å². The molecule has 102 valence electrons. The summed E-state index contributed by atoms with van der Waals surface area (Å²) in [6.45, 7) is 5.99. The summed E-state index contributed by atoms with van der Waals surface area (Å²) in [6.07, 6.45) is 1.74. The van der Waals surface area contributed by atoms with Crippen LogP contribution in [0.15, 0.2) is 12.4 Å². The van der Waals surface area contributed by atoms with E-state index in [4.69, 9.17) is 4.74 Å². The second-order valence-corrected chi connectivity index (χ2v) is 4.31. The van der Waals surface area contributed by atoms with E-state index in [1.165, 1.54) is 6.33 Å². The van der Waals surface area contributed by atoms with Gasteiger partial charge in [0.2, 0.25) is 0 Å². The molecule has 2 aromatic heterocycles. The molecule has 19 heavy (non-hydrogen) atoms. The van der Waals surface area contributed by atoms with Gasteiger partial charge in [0, 0.05) is 17.8 Å². The standard InChI is InChI=1S/C12H17N5O2/c1-4-19-11(18)6-9(3)15-10-5-8(2)16-12-13-7-14-17(10)12/h5,7,9,15H,4,6H2,1-3H3. The van der Waals surface area contributed by atoms with Crippen LogP contribution in [0, 0.1) is 6.92 Å². The van der Waals surface area contributed by atoms with Crippen molar-refractivity contribution in [2.75, 3.05) is 11.9 Å². The molecule has 7 heteroatoms. The fourth-order valence-electron chi connectivity index (χ4n) is 1.81. The number of nitrogens with zero attached hydrogens (tertiary/aromatic N) is 4. The van der Waals surface area contributed by atoms with Crippen molar-refractivity contribution in [3.63, 3.8) is 0 Å². The van der Waals surface area contributed by atoms with Gasteiger partial charge in [0.05, 0.1) is 13.0 Å². The van der Waals surface area contributed by atoms with Crippen LogP contribution in [0.3, 0.4) is 0 Å². The Morgan fingerprint density at radius 3 is 3.11 bits per heavy atom. The number of hydrogen-bond acceptors (Lipinski definition) is 6. The summed E-state index contributed by atoms with van der Waals surface area (Å²) in [6, 6.07) is 1.80. The molecular weight excluding hydrogens is 246 g/mol. The number of carbonyl (C=O) groups is 1. The Labute approximate surface area is 111 Å². The van der Waals surface area contributed by atoms with Crippen LogP contribution in [-0.4, -0.2) is 38.2 Å². The topological polar surface area (TPSA) is 81.4 Å². The number of nitrogens with one attached hydrogen (secondary N) is 1. The first-order valence-electron chi connectivity index (χ1n) is 6.19. The molecule has 0 aliphatic heterocycles. The summed E-state index contributed by atoms with van der Waals surface area (Å²) < 4.78 is 6.53. The minimum atomic E-state index is -0.219. The van der Waals surface area contributed by atoms with Crippen LogP contribution in [-0.2, 0) is 9.53 Å². The zero-order valence-electron chi connectivity index (χ0n) is 11.3. The molecule has 0 saturated heterocycles. The Morgan fingerprint density at radius 1 is 1.58 bits per heavy atom. The van der Waals surface area contributed by atoms with Crippen LogP contribution in [0.2, 0.25) is 0 Å². The molecule has 0 spiro atoms. The van der Waals surface area contributed by atoms with Gasteiger partial charge in [-0.05, 0) is 20.8 Å². The summed E-state index contributed by atoms with van der Waals surface area (Å²) in [4.78, 5) is 19.7. The van der Waals surface area contributed by atoms with E-state index in [2.05, 4.69) is 20.4 Å². The molecule has 0 aliphatic carbocycles. The molecule has 1 N–H and O–H groups in total. The SMILES string of the molecule is CCOC(=O)CC(C)Nc1cc(C)nc2ncnn12. The smallest absolute Gasteiger partial charge is 0.307 e. The van der Waals surface area contributed by atoms with E-state index in [-0.39, 0.29) is 12.0 Å². The average molecular weight is 263 g/mol. The molecule has 2 aromatic rings. The third kappa shape index (κ3) is 3.18. The molecule has 1 unspecified atom stereocenters. The third-order valence-electron chi connectivity index (χ3n) is 2.55. The van der Waals surface area contributed by atoms with Crippen molar-refractivity contribution in [3.05, 3.63) is 18.1 Å². The zero-order valence-corrected chi connectivity index (χ0v) is 11.3. The summed E-state index contributed by atoms with van der Waals surface area (Å²) in [7, 11) is 0. The fraction of sp³-hybridized carbons (Fsp3) is 0.500. The van der Waals surface area contributed by atoms with E-state index < -0.39 is 0 Å². The molecule has 0 radical (unpaired) electrons. The predicted molar refractivity (Wildman–Crippen MR) is 69.9 cm³/mol. The summed E-state index contributed by atoms with van der Waals surface area (Å²) in [5, 5.41) is 7.31. The highest BCUT2D eigenvalue weighted by atomic mass is 16.5. The number of ether oxygens (including phenoxy) is 1. The summed E-state index contributed by atoms with van der Waals surface area (Å²) in [5.74, 6) is 1.07. The number of hydrogen-bond donors (Lipinski definition) is 1. The zero-order chi connectivity index (χ0) is 13.8. The highest BCUT2D eigenvalue weighted by Gasteiger charge is 2.12. The molecule has 0 bridgehead atoms. The number of esters is 1. The van der Waals surface area contributed by atoms with Crippen molar-refractivity contribution in [2.24, 2.45) is 0 Å². The highest BCUT2D eigenvalue weighted by Crippen LogP contribution is 2.12. The number of aromatic nitrogens is 4. The first kappa shape index (κ1) is 13.3. The van der Waals surface area contributed by atoms with Crippen molar-refractivity contribution >= 4 is 17.6 Å². The lowest BCUT2D eigenvalue weighted by molar-refractivity contribution is -0.143. The van der Waals surface area contributed by atoms with Gasteiger partial charge in [0.1, 0.15) is 12.1 Å². The first-order valence-corrected chi connectivity index (χ1v) is 6.19. The van der Waals surface area contributed by atoms with Gasteiger partial charge in [-0.1, -0.05) is 0 Å². The predicted octanol–water partition coefficient (Wildman–Crippen LogP) is 1.19. The molecule has 2 heterocycles. The van der Waals surface area contributed by atoms with Crippen LogP contribution in [0.5, 0.6) is 0 Å². The first-order chi connectivity index (χ1) is 9.10. The van der Waals surface area contributed by atoms with Crippen LogP contribution in [0.4, 0.5) is 5.82 Å². The second-order valence-electron chi connectivity index (χ2n) is 4.31. The van der Waals surface area contributed by atoms with Gasteiger partial charge in [-0.3, -0.25) is 4.79 Å². The highest BCUT2D eigenvalue weighted by molar-refractivity contribution is 5.70. The van der Waals surface area contributed by atoms with Crippen molar-refractivity contribution in [1.82, 2.24) is 19.6 Å². The van der Waals surface area contributed by atoms with Crippen LogP contribution in [0.25, 0.3) is 5.78 Å². The van der Waals surface area contributed by atoms with Gasteiger partial charge < -0.3 is 10.1 Å². The van der Waals surface area contributed by atoms with Crippen molar-refractivity contribution in [1.29, 1.82) is 0 Å². The number of fused-ring (bicyclic) bond motifs is 1. The normalized spacial score (nSPS) is 12.4. The fourth-order valence-corrected chi connectivity index (χ4v) is 1.81. The maximum atomic E-state index is 11.4. The molecule has 7 nitrogen and oxygen atoms in total. The molecular formula is C12H17N5O2. The second kappa shape index (κ2) is 5.64. The lowest BCUT2D eigenvalue weighted by Crippen LogP contribution is -2.22. The summed E-state index contributed by atoms with van der Waals surface area (Å²) in [5.41, 5.74) is 0.839. The van der Waals surface area contributed by atoms with Gasteiger partial charge in [0.15, 0.2) is 0 Å². The number of anilines is 1. The Bertz CT molecular complexity index is 581. The van der Waals surface area contributed by atoms with Crippen LogP contribution < -0.4 is 5.32 Å².